The van der Waals surface area contributed by atoms with Gasteiger partial charge in [-0.3, -0.25) is 4.79 Å². The van der Waals surface area contributed by atoms with Gasteiger partial charge in [-0.15, -0.1) is 0 Å². The van der Waals surface area contributed by atoms with Gasteiger partial charge in [0.15, 0.2) is 9.84 Å². The molecule has 0 radical (unpaired) electrons. The number of hydrogen-bond donors (Lipinski definition) is 0. The monoisotopic (exact) mass is 297 g/mol. The van der Waals surface area contributed by atoms with Gasteiger partial charge in [0.2, 0.25) is 5.91 Å². The number of nitrogens with zero attached hydrogens (tertiary/aromatic N) is 1. The highest BCUT2D eigenvalue weighted by Crippen LogP contribution is 2.24. The van der Waals surface area contributed by atoms with Crippen molar-refractivity contribution in [2.24, 2.45) is 0 Å². The summed E-state index contributed by atoms with van der Waals surface area (Å²) in [5.74, 6) is -0.0805. The predicted octanol–water partition coefficient (Wildman–Crippen LogP) is 1.10. The minimum Gasteiger partial charge on any atom is -0.375 e. The molecule has 1 aliphatic heterocycles. The summed E-state index contributed by atoms with van der Waals surface area (Å²) < 4.78 is 29.7. The molecule has 0 saturated carbocycles. The highest BCUT2D eigenvalue weighted by atomic mass is 32.2. The molecule has 0 aromatic heterocycles. The summed E-state index contributed by atoms with van der Waals surface area (Å²) in [4.78, 5) is 13.7. The summed E-state index contributed by atoms with van der Waals surface area (Å²) >= 11 is 0. The maximum Gasteiger partial charge on any atom is 0.248 e. The van der Waals surface area contributed by atoms with Crippen LogP contribution >= 0.6 is 0 Å². The van der Waals surface area contributed by atoms with Gasteiger partial charge in [-0.25, -0.2) is 8.42 Å². The highest BCUT2D eigenvalue weighted by molar-refractivity contribution is 7.92. The third kappa shape index (κ3) is 3.19. The zero-order chi connectivity index (χ0) is 14.6. The van der Waals surface area contributed by atoms with Gasteiger partial charge in [0.25, 0.3) is 0 Å². The van der Waals surface area contributed by atoms with E-state index in [1.807, 2.05) is 0 Å². The Bertz CT molecular complexity index is 548. The highest BCUT2D eigenvalue weighted by Gasteiger charge is 2.32. The lowest BCUT2D eigenvalue weighted by atomic mass is 10.1. The first-order valence-electron chi connectivity index (χ1n) is 6.61. The number of hydrogen-bond acceptors (Lipinski definition) is 4. The van der Waals surface area contributed by atoms with Crippen LogP contribution in [-0.2, 0) is 19.4 Å². The van der Waals surface area contributed by atoms with E-state index in [9.17, 15) is 13.2 Å². The van der Waals surface area contributed by atoms with Crippen LogP contribution in [0.5, 0.6) is 0 Å². The van der Waals surface area contributed by atoms with Gasteiger partial charge in [0.1, 0.15) is 6.61 Å². The number of ether oxygens (including phenoxy) is 1. The second-order valence-corrected chi connectivity index (χ2v) is 7.10. The molecule has 1 aromatic carbocycles. The molecule has 0 atom stereocenters. The third-order valence-electron chi connectivity index (χ3n) is 3.57. The van der Waals surface area contributed by atoms with Gasteiger partial charge >= 0.3 is 0 Å². The number of carbonyl (C=O) groups is 1. The molecule has 0 aliphatic carbocycles. The van der Waals surface area contributed by atoms with Crippen LogP contribution in [0.1, 0.15) is 12.8 Å². The van der Waals surface area contributed by atoms with Gasteiger partial charge in [-0.1, -0.05) is 18.2 Å². The Morgan fingerprint density at radius 1 is 1.25 bits per heavy atom. The van der Waals surface area contributed by atoms with E-state index in [-0.39, 0.29) is 12.5 Å². The molecule has 1 aromatic rings. The molecule has 0 bridgehead atoms. The van der Waals surface area contributed by atoms with E-state index in [0.29, 0.717) is 30.8 Å². The Morgan fingerprint density at radius 3 is 2.40 bits per heavy atom. The molecule has 1 saturated heterocycles. The van der Waals surface area contributed by atoms with E-state index in [4.69, 9.17) is 4.74 Å². The summed E-state index contributed by atoms with van der Waals surface area (Å²) in [6.45, 7) is 0.994. The minimum atomic E-state index is -3.29. The number of sulfone groups is 1. The van der Waals surface area contributed by atoms with Crippen molar-refractivity contribution < 1.29 is 17.9 Å². The van der Waals surface area contributed by atoms with Crippen molar-refractivity contribution in [2.45, 2.75) is 23.0 Å². The van der Waals surface area contributed by atoms with Crippen LogP contribution in [0, 0.1) is 0 Å². The maximum absolute atomic E-state index is 12.5. The van der Waals surface area contributed by atoms with Gasteiger partial charge in [-0.05, 0) is 25.0 Å². The molecule has 110 valence electrons. The van der Waals surface area contributed by atoms with Gasteiger partial charge < -0.3 is 9.64 Å². The van der Waals surface area contributed by atoms with Crippen molar-refractivity contribution in [1.82, 2.24) is 4.90 Å². The van der Waals surface area contributed by atoms with Crippen molar-refractivity contribution in [3.63, 3.8) is 0 Å². The molecule has 2 rings (SSSR count). The van der Waals surface area contributed by atoms with E-state index in [2.05, 4.69) is 0 Å². The molecule has 0 N–H and O–H groups in total. The molecule has 1 fully saturated rings. The number of carbonyl (C=O) groups excluding carboxylic acids is 1. The van der Waals surface area contributed by atoms with Crippen molar-refractivity contribution in [3.8, 4) is 0 Å². The number of benzene rings is 1. The summed E-state index contributed by atoms with van der Waals surface area (Å²) in [6.07, 6.45) is 0.958. The Kier molecular flexibility index (Phi) is 4.77. The summed E-state index contributed by atoms with van der Waals surface area (Å²) in [5, 5.41) is -0.406. The summed E-state index contributed by atoms with van der Waals surface area (Å²) in [6, 6.07) is 8.49. The summed E-state index contributed by atoms with van der Waals surface area (Å²) in [7, 11) is -1.82. The van der Waals surface area contributed by atoms with Crippen molar-refractivity contribution in [3.05, 3.63) is 30.3 Å². The fourth-order valence-electron chi connectivity index (χ4n) is 2.43. The molecule has 1 aliphatic rings. The Morgan fingerprint density at radius 2 is 1.85 bits per heavy atom. The summed E-state index contributed by atoms with van der Waals surface area (Å²) in [5.41, 5.74) is 0. The average Bonchev–Trinajstić information content (AvgIpc) is 2.48. The molecule has 0 spiro atoms. The quantitative estimate of drug-likeness (QED) is 0.835. The van der Waals surface area contributed by atoms with Crippen molar-refractivity contribution in [1.29, 1.82) is 0 Å². The first-order chi connectivity index (χ1) is 9.55. The minimum absolute atomic E-state index is 0.0517. The molecule has 1 amide bonds. The Hall–Kier alpha value is -1.40. The van der Waals surface area contributed by atoms with Crippen LogP contribution < -0.4 is 0 Å². The van der Waals surface area contributed by atoms with Crippen LogP contribution in [0.4, 0.5) is 0 Å². The number of methoxy groups -OCH3 is 1. The molecule has 1 heterocycles. The molecular weight excluding hydrogens is 278 g/mol. The Labute approximate surface area is 119 Å². The maximum atomic E-state index is 12.5. The van der Waals surface area contributed by atoms with Crippen LogP contribution in [0.3, 0.4) is 0 Å². The molecule has 0 unspecified atom stereocenters. The van der Waals surface area contributed by atoms with E-state index >= 15 is 0 Å². The van der Waals surface area contributed by atoms with Crippen molar-refractivity contribution in [2.75, 3.05) is 26.8 Å². The van der Waals surface area contributed by atoms with E-state index in [1.54, 1.807) is 35.2 Å². The first kappa shape index (κ1) is 15.0. The van der Waals surface area contributed by atoms with Crippen molar-refractivity contribution >= 4 is 15.7 Å². The van der Waals surface area contributed by atoms with E-state index in [1.165, 1.54) is 7.11 Å². The van der Waals surface area contributed by atoms with Gasteiger partial charge in [0, 0.05) is 20.2 Å². The second kappa shape index (κ2) is 6.37. The number of likely N-dealkylation sites (tertiary alicyclic amines) is 1. The zero-order valence-electron chi connectivity index (χ0n) is 11.5. The molecular formula is C14H19NO4S. The lowest BCUT2D eigenvalue weighted by Gasteiger charge is -2.31. The first-order valence-corrected chi connectivity index (χ1v) is 8.16. The van der Waals surface area contributed by atoms with Crippen LogP contribution in [0.15, 0.2) is 35.2 Å². The lowest BCUT2D eigenvalue weighted by Crippen LogP contribution is -2.43. The van der Waals surface area contributed by atoms with Crippen LogP contribution in [-0.4, -0.2) is 51.3 Å². The largest absolute Gasteiger partial charge is 0.375 e. The molecule has 5 nitrogen and oxygen atoms in total. The third-order valence-corrected chi connectivity index (χ3v) is 5.85. The van der Waals surface area contributed by atoms with Gasteiger partial charge in [-0.2, -0.15) is 0 Å². The number of rotatable bonds is 4. The topological polar surface area (TPSA) is 63.7 Å². The molecule has 20 heavy (non-hydrogen) atoms. The SMILES string of the molecule is COCC(=O)N1CCC(S(=O)(=O)c2ccccc2)CC1. The Balaban J connectivity index is 2.02. The van der Waals surface area contributed by atoms with E-state index in [0.717, 1.165) is 0 Å². The smallest absolute Gasteiger partial charge is 0.248 e. The van der Waals surface area contributed by atoms with Gasteiger partial charge in [0.05, 0.1) is 10.1 Å². The van der Waals surface area contributed by atoms with Crippen LogP contribution in [0.2, 0.25) is 0 Å². The second-order valence-electron chi connectivity index (χ2n) is 4.87. The fourth-order valence-corrected chi connectivity index (χ4v) is 4.19. The normalized spacial score (nSPS) is 17.1. The number of piperidine rings is 1. The lowest BCUT2D eigenvalue weighted by molar-refractivity contribution is -0.135. The number of amides is 1. The standard InChI is InChI=1S/C14H19NO4S/c1-19-11-14(16)15-9-7-13(8-10-15)20(17,18)12-5-3-2-4-6-12/h2-6,13H,7-11H2,1H3. The zero-order valence-corrected chi connectivity index (χ0v) is 12.3. The van der Waals surface area contributed by atoms with Crippen LogP contribution in [0.25, 0.3) is 0 Å². The van der Waals surface area contributed by atoms with E-state index < -0.39 is 15.1 Å². The predicted molar refractivity (Wildman–Crippen MR) is 75.1 cm³/mol. The average molecular weight is 297 g/mol. The fraction of sp³-hybridized carbons (Fsp3) is 0.500. The molecule has 6 heteroatoms.